The molecule has 44 heavy (non-hydrogen) atoms. The van der Waals surface area contributed by atoms with Gasteiger partial charge in [-0.05, 0) is 66.4 Å². The Hall–Kier alpha value is -4.76. The summed E-state index contributed by atoms with van der Waals surface area (Å²) in [6.45, 7) is 3.93. The average Bonchev–Trinajstić information content (AvgIpc) is 3.34. The van der Waals surface area contributed by atoms with Gasteiger partial charge in [0.25, 0.3) is 0 Å². The normalized spacial score (nSPS) is 14.7. The van der Waals surface area contributed by atoms with Gasteiger partial charge in [0.15, 0.2) is 0 Å². The molecule has 6 nitrogen and oxygen atoms in total. The third-order valence-corrected chi connectivity index (χ3v) is 9.05. The summed E-state index contributed by atoms with van der Waals surface area (Å²) in [7, 11) is 0. The van der Waals surface area contributed by atoms with Gasteiger partial charge < -0.3 is 5.32 Å². The van der Waals surface area contributed by atoms with E-state index in [1.54, 1.807) is 22.9 Å². The van der Waals surface area contributed by atoms with Crippen molar-refractivity contribution in [2.45, 2.75) is 25.6 Å². The largest absolute Gasteiger partial charge is 0.350 e. The maximum Gasteiger partial charge on any atom is 0.240 e. The first-order valence-electron chi connectivity index (χ1n) is 14.2. The Bertz CT molecular complexity index is 1840. The van der Waals surface area contributed by atoms with E-state index in [0.29, 0.717) is 17.1 Å². The Morgan fingerprint density at radius 3 is 2.43 bits per heavy atom. The summed E-state index contributed by atoms with van der Waals surface area (Å²) in [4.78, 5) is 28.8. The molecule has 0 aliphatic carbocycles. The molecular formula is C35H30F2N4O2S. The predicted molar refractivity (Wildman–Crippen MR) is 170 cm³/mol. The van der Waals surface area contributed by atoms with Crippen molar-refractivity contribution in [3.63, 3.8) is 0 Å². The first-order chi connectivity index (χ1) is 21.3. The summed E-state index contributed by atoms with van der Waals surface area (Å²) in [5, 5.41) is 7.54. The van der Waals surface area contributed by atoms with Gasteiger partial charge >= 0.3 is 0 Å². The monoisotopic (exact) mass is 608 g/mol. The molecule has 6 rings (SSSR count). The number of benzene rings is 4. The maximum absolute atomic E-state index is 14.6. The van der Waals surface area contributed by atoms with Crippen molar-refractivity contribution in [2.75, 3.05) is 17.2 Å². The van der Waals surface area contributed by atoms with E-state index in [-0.39, 0.29) is 42.3 Å². The second-order valence-electron chi connectivity index (χ2n) is 10.7. The van der Waals surface area contributed by atoms with Gasteiger partial charge in [-0.25, -0.2) is 13.5 Å². The molecule has 0 unspecified atom stereocenters. The van der Waals surface area contributed by atoms with Gasteiger partial charge in [-0.1, -0.05) is 66.7 Å². The number of fused-ring (bicyclic) bond motifs is 1. The fourth-order valence-corrected chi connectivity index (χ4v) is 6.58. The second-order valence-corrected chi connectivity index (χ2v) is 11.8. The molecule has 0 bridgehead atoms. The van der Waals surface area contributed by atoms with Gasteiger partial charge in [0.2, 0.25) is 11.8 Å². The van der Waals surface area contributed by atoms with E-state index in [1.807, 2.05) is 68.4 Å². The number of nitrogens with one attached hydrogen (secondary N) is 1. The second kappa shape index (κ2) is 12.5. The Labute approximate surface area is 258 Å². The van der Waals surface area contributed by atoms with E-state index >= 15 is 0 Å². The highest BCUT2D eigenvalue weighted by Crippen LogP contribution is 2.48. The van der Waals surface area contributed by atoms with Gasteiger partial charge in [0.1, 0.15) is 24.0 Å². The molecular weight excluding hydrogens is 578 g/mol. The highest BCUT2D eigenvalue weighted by atomic mass is 32.2. The Kier molecular flexibility index (Phi) is 8.30. The zero-order chi connectivity index (χ0) is 30.8. The minimum absolute atomic E-state index is 0.0716. The SMILES string of the molecule is Cc1cccc(-n2nc(-c3ccccc3)c3c2N(CC(=O)NCc2ccc(F)cc2)C(=O)CS[C@H]3c2cccc(F)c2)c1C. The maximum atomic E-state index is 14.6. The smallest absolute Gasteiger partial charge is 0.240 e. The number of carbonyl (C=O) groups excluding carboxylic acids is 2. The van der Waals surface area contributed by atoms with Crippen LogP contribution >= 0.6 is 11.8 Å². The van der Waals surface area contributed by atoms with Gasteiger partial charge in [-0.3, -0.25) is 14.5 Å². The zero-order valence-electron chi connectivity index (χ0n) is 24.3. The molecule has 0 saturated carbocycles. The number of aryl methyl sites for hydroxylation is 1. The summed E-state index contributed by atoms with van der Waals surface area (Å²) in [5.74, 6) is -0.834. The lowest BCUT2D eigenvalue weighted by Gasteiger charge is -2.24. The minimum atomic E-state index is -0.439. The number of anilines is 1. The lowest BCUT2D eigenvalue weighted by molar-refractivity contribution is -0.123. The van der Waals surface area contributed by atoms with E-state index in [1.165, 1.54) is 40.9 Å². The van der Waals surface area contributed by atoms with E-state index in [0.717, 1.165) is 33.5 Å². The van der Waals surface area contributed by atoms with Crippen LogP contribution in [0.15, 0.2) is 97.1 Å². The Morgan fingerprint density at radius 2 is 1.68 bits per heavy atom. The van der Waals surface area contributed by atoms with E-state index < -0.39 is 5.25 Å². The number of hydrogen-bond donors (Lipinski definition) is 1. The van der Waals surface area contributed by atoms with Crippen molar-refractivity contribution in [1.29, 1.82) is 0 Å². The van der Waals surface area contributed by atoms with Gasteiger partial charge in [0, 0.05) is 17.7 Å². The first kappa shape index (κ1) is 29.3. The molecule has 1 aliphatic heterocycles. The summed E-state index contributed by atoms with van der Waals surface area (Å²) in [5.41, 5.74) is 6.44. The summed E-state index contributed by atoms with van der Waals surface area (Å²) >= 11 is 1.39. The molecule has 4 aromatic carbocycles. The third-order valence-electron chi connectivity index (χ3n) is 7.80. The van der Waals surface area contributed by atoms with Crippen molar-refractivity contribution >= 4 is 29.4 Å². The lowest BCUT2D eigenvalue weighted by Crippen LogP contribution is -2.42. The molecule has 2 amide bonds. The number of rotatable bonds is 7. The highest BCUT2D eigenvalue weighted by molar-refractivity contribution is 8.00. The molecule has 5 aromatic rings. The van der Waals surface area contributed by atoms with Crippen LogP contribution in [0.2, 0.25) is 0 Å². The number of aromatic nitrogens is 2. The van der Waals surface area contributed by atoms with Crippen molar-refractivity contribution in [1.82, 2.24) is 15.1 Å². The molecule has 9 heteroatoms. The van der Waals surface area contributed by atoms with Gasteiger partial charge in [-0.15, -0.1) is 11.8 Å². The van der Waals surface area contributed by atoms with Crippen LogP contribution in [-0.2, 0) is 16.1 Å². The van der Waals surface area contributed by atoms with Crippen LogP contribution in [0.5, 0.6) is 0 Å². The van der Waals surface area contributed by atoms with Crippen LogP contribution in [-0.4, -0.2) is 33.9 Å². The van der Waals surface area contributed by atoms with E-state index in [2.05, 4.69) is 5.32 Å². The fraction of sp³-hybridized carbons (Fsp3) is 0.171. The van der Waals surface area contributed by atoms with Crippen LogP contribution in [0, 0.1) is 25.5 Å². The first-order valence-corrected chi connectivity index (χ1v) is 15.3. The molecule has 222 valence electrons. The molecule has 0 radical (unpaired) electrons. The van der Waals surface area contributed by atoms with Crippen molar-refractivity contribution in [3.05, 3.63) is 137 Å². The van der Waals surface area contributed by atoms with Crippen LogP contribution in [0.4, 0.5) is 14.6 Å². The lowest BCUT2D eigenvalue weighted by atomic mass is 9.99. The molecule has 1 N–H and O–H groups in total. The molecule has 1 aromatic heterocycles. The Balaban J connectivity index is 1.52. The van der Waals surface area contributed by atoms with E-state index in [4.69, 9.17) is 5.10 Å². The molecule has 0 fully saturated rings. The van der Waals surface area contributed by atoms with E-state index in [9.17, 15) is 18.4 Å². The van der Waals surface area contributed by atoms with Crippen LogP contribution in [0.1, 0.15) is 33.1 Å². The van der Waals surface area contributed by atoms with Crippen LogP contribution in [0.25, 0.3) is 16.9 Å². The van der Waals surface area contributed by atoms with Gasteiger partial charge in [0.05, 0.1) is 22.4 Å². The van der Waals surface area contributed by atoms with Crippen molar-refractivity contribution in [3.8, 4) is 16.9 Å². The number of nitrogens with zero attached hydrogens (tertiary/aromatic N) is 3. The predicted octanol–water partition coefficient (Wildman–Crippen LogP) is 6.92. The van der Waals surface area contributed by atoms with Crippen molar-refractivity contribution < 1.29 is 18.4 Å². The third kappa shape index (κ3) is 5.88. The molecule has 1 atom stereocenters. The minimum Gasteiger partial charge on any atom is -0.350 e. The number of carbonyl (C=O) groups is 2. The summed E-state index contributed by atoms with van der Waals surface area (Å²) in [6, 6.07) is 27.8. The summed E-state index contributed by atoms with van der Waals surface area (Å²) < 4.78 is 29.7. The number of hydrogen-bond acceptors (Lipinski definition) is 4. The van der Waals surface area contributed by atoms with Crippen LogP contribution in [0.3, 0.4) is 0 Å². The summed E-state index contributed by atoms with van der Waals surface area (Å²) in [6.07, 6.45) is 0. The molecule has 0 spiro atoms. The molecule has 1 aliphatic rings. The quantitative estimate of drug-likeness (QED) is 0.218. The zero-order valence-corrected chi connectivity index (χ0v) is 25.1. The fourth-order valence-electron chi connectivity index (χ4n) is 5.40. The topological polar surface area (TPSA) is 67.2 Å². The number of halogens is 2. The van der Waals surface area contributed by atoms with Gasteiger partial charge in [-0.2, -0.15) is 5.10 Å². The molecule has 2 heterocycles. The number of thioether (sulfide) groups is 1. The highest BCUT2D eigenvalue weighted by Gasteiger charge is 2.38. The number of amides is 2. The molecule has 0 saturated heterocycles. The standard InChI is InChI=1S/C35H30F2N4O2S/c1-22-8-6-13-29(23(22)2)41-35-32(33(39-41)25-9-4-3-5-10-25)34(26-11-7-12-28(37)18-26)44-21-31(43)40(35)20-30(42)38-19-24-14-16-27(36)17-15-24/h3-18,34H,19-21H2,1-2H3,(H,38,42)/t34-/m0/s1. The van der Waals surface area contributed by atoms with Crippen molar-refractivity contribution in [2.24, 2.45) is 0 Å². The van der Waals surface area contributed by atoms with Crippen LogP contribution < -0.4 is 10.2 Å². The average molecular weight is 609 g/mol. The Morgan fingerprint density at radius 1 is 0.932 bits per heavy atom.